The van der Waals surface area contributed by atoms with E-state index in [2.05, 4.69) is 15.5 Å². The van der Waals surface area contributed by atoms with E-state index < -0.39 is 0 Å². The Kier molecular flexibility index (Phi) is 4.45. The van der Waals surface area contributed by atoms with Crippen LogP contribution in [0.15, 0.2) is 28.7 Å². The van der Waals surface area contributed by atoms with Gasteiger partial charge in [0.05, 0.1) is 0 Å². The third-order valence-corrected chi connectivity index (χ3v) is 2.57. The third-order valence-electron chi connectivity index (χ3n) is 2.57. The molecule has 0 saturated carbocycles. The maximum Gasteiger partial charge on any atom is 0.247 e. The second kappa shape index (κ2) is 6.27. The van der Waals surface area contributed by atoms with Crippen LogP contribution in [0.3, 0.4) is 0 Å². The first-order chi connectivity index (χ1) is 9.54. The van der Waals surface area contributed by atoms with Gasteiger partial charge in [0.15, 0.2) is 0 Å². The Morgan fingerprint density at radius 1 is 1.30 bits per heavy atom. The number of hydrogen-bond acceptors (Lipinski definition) is 4. The van der Waals surface area contributed by atoms with E-state index in [1.165, 1.54) is 12.1 Å². The Balaban J connectivity index is 1.95. The highest BCUT2D eigenvalue weighted by Crippen LogP contribution is 2.18. The number of halogens is 1. The van der Waals surface area contributed by atoms with Gasteiger partial charge in [-0.15, -0.1) is 10.2 Å². The summed E-state index contributed by atoms with van der Waals surface area (Å²) < 4.78 is 18.3. The van der Waals surface area contributed by atoms with Crippen molar-refractivity contribution >= 4 is 5.91 Å². The molecule has 0 saturated heterocycles. The van der Waals surface area contributed by atoms with Crippen molar-refractivity contribution in [1.82, 2.24) is 15.5 Å². The quantitative estimate of drug-likeness (QED) is 0.910. The monoisotopic (exact) mass is 277 g/mol. The lowest BCUT2D eigenvalue weighted by molar-refractivity contribution is -0.121. The minimum absolute atomic E-state index is 0.0541. The number of rotatable bonds is 5. The van der Waals surface area contributed by atoms with E-state index >= 15 is 0 Å². The molecule has 0 aliphatic rings. The molecule has 1 aromatic carbocycles. The lowest BCUT2D eigenvalue weighted by Crippen LogP contribution is -2.30. The van der Waals surface area contributed by atoms with Crippen molar-refractivity contribution in [3.63, 3.8) is 0 Å². The Labute approximate surface area is 116 Å². The topological polar surface area (TPSA) is 68.0 Å². The van der Waals surface area contributed by atoms with Gasteiger partial charge in [-0.2, -0.15) is 0 Å². The SMILES string of the molecule is CC(C)NC(=O)CCc1nnc(-c2ccc(F)cc2)o1. The molecule has 1 heterocycles. The van der Waals surface area contributed by atoms with Gasteiger partial charge in [0, 0.05) is 24.4 Å². The Morgan fingerprint density at radius 2 is 2.00 bits per heavy atom. The molecule has 0 spiro atoms. The van der Waals surface area contributed by atoms with Gasteiger partial charge in [-0.3, -0.25) is 4.79 Å². The van der Waals surface area contributed by atoms with Gasteiger partial charge < -0.3 is 9.73 Å². The van der Waals surface area contributed by atoms with Gasteiger partial charge in [0.1, 0.15) is 5.82 Å². The molecule has 0 atom stereocenters. The molecule has 2 aromatic rings. The molecule has 0 unspecified atom stereocenters. The van der Waals surface area contributed by atoms with E-state index in [1.54, 1.807) is 12.1 Å². The minimum atomic E-state index is -0.321. The third kappa shape index (κ3) is 3.88. The molecule has 20 heavy (non-hydrogen) atoms. The number of amides is 1. The van der Waals surface area contributed by atoms with Crippen molar-refractivity contribution in [1.29, 1.82) is 0 Å². The molecule has 106 valence electrons. The van der Waals surface area contributed by atoms with Crippen molar-refractivity contribution in [3.05, 3.63) is 36.0 Å². The van der Waals surface area contributed by atoms with Crippen LogP contribution in [0, 0.1) is 5.82 Å². The molecule has 5 nitrogen and oxygen atoms in total. The van der Waals surface area contributed by atoms with Gasteiger partial charge >= 0.3 is 0 Å². The highest BCUT2D eigenvalue weighted by molar-refractivity contribution is 5.76. The van der Waals surface area contributed by atoms with Crippen LogP contribution >= 0.6 is 0 Å². The fraction of sp³-hybridized carbons (Fsp3) is 0.357. The molecule has 1 amide bonds. The van der Waals surface area contributed by atoms with Crippen molar-refractivity contribution < 1.29 is 13.6 Å². The smallest absolute Gasteiger partial charge is 0.247 e. The highest BCUT2D eigenvalue weighted by Gasteiger charge is 2.11. The van der Waals surface area contributed by atoms with Gasteiger partial charge in [-0.1, -0.05) is 0 Å². The van der Waals surface area contributed by atoms with Crippen molar-refractivity contribution in [3.8, 4) is 11.5 Å². The second-order valence-corrected chi connectivity index (χ2v) is 4.73. The molecular weight excluding hydrogens is 261 g/mol. The summed E-state index contributed by atoms with van der Waals surface area (Å²) in [6.45, 7) is 3.80. The number of benzene rings is 1. The second-order valence-electron chi connectivity index (χ2n) is 4.73. The zero-order valence-electron chi connectivity index (χ0n) is 11.4. The fourth-order valence-corrected chi connectivity index (χ4v) is 1.68. The summed E-state index contributed by atoms with van der Waals surface area (Å²) >= 11 is 0. The Bertz CT molecular complexity index is 578. The first-order valence-electron chi connectivity index (χ1n) is 6.42. The molecule has 6 heteroatoms. The number of nitrogens with one attached hydrogen (secondary N) is 1. The number of nitrogens with zero attached hydrogens (tertiary/aromatic N) is 2. The standard InChI is InChI=1S/C14H16FN3O2/c1-9(2)16-12(19)7-8-13-17-18-14(20-13)10-3-5-11(15)6-4-10/h3-6,9H,7-8H2,1-2H3,(H,16,19). The van der Waals surface area contributed by atoms with Crippen LogP contribution in [0.4, 0.5) is 4.39 Å². The molecule has 1 aromatic heterocycles. The van der Waals surface area contributed by atoms with Crippen LogP contribution in [0.5, 0.6) is 0 Å². The number of carbonyl (C=O) groups is 1. The van der Waals surface area contributed by atoms with Crippen LogP contribution < -0.4 is 5.32 Å². The summed E-state index contributed by atoms with van der Waals surface area (Å²) in [6.07, 6.45) is 0.677. The zero-order chi connectivity index (χ0) is 14.5. The number of carbonyl (C=O) groups excluding carboxylic acids is 1. The van der Waals surface area contributed by atoms with E-state index in [1.807, 2.05) is 13.8 Å². The zero-order valence-corrected chi connectivity index (χ0v) is 11.4. The van der Waals surface area contributed by atoms with Crippen molar-refractivity contribution in [2.75, 3.05) is 0 Å². The van der Waals surface area contributed by atoms with E-state index in [9.17, 15) is 9.18 Å². The molecule has 1 N–H and O–H groups in total. The maximum absolute atomic E-state index is 12.8. The van der Waals surface area contributed by atoms with Gasteiger partial charge in [-0.25, -0.2) is 4.39 Å². The predicted octanol–water partition coefficient (Wildman–Crippen LogP) is 2.33. The fourth-order valence-electron chi connectivity index (χ4n) is 1.68. The average molecular weight is 277 g/mol. The van der Waals surface area contributed by atoms with E-state index in [0.717, 1.165) is 0 Å². The van der Waals surface area contributed by atoms with Crippen molar-refractivity contribution in [2.45, 2.75) is 32.7 Å². The molecule has 0 fully saturated rings. The van der Waals surface area contributed by atoms with Crippen LogP contribution in [-0.2, 0) is 11.2 Å². The van der Waals surface area contributed by atoms with Crippen LogP contribution in [-0.4, -0.2) is 22.1 Å². The van der Waals surface area contributed by atoms with Crippen LogP contribution in [0.1, 0.15) is 26.2 Å². The average Bonchev–Trinajstić information content (AvgIpc) is 2.85. The first kappa shape index (κ1) is 14.2. The van der Waals surface area contributed by atoms with Crippen LogP contribution in [0.2, 0.25) is 0 Å². The lowest BCUT2D eigenvalue weighted by atomic mass is 10.2. The molecule has 0 aliphatic carbocycles. The van der Waals surface area contributed by atoms with Gasteiger partial charge in [0.2, 0.25) is 17.7 Å². The Morgan fingerprint density at radius 3 is 2.65 bits per heavy atom. The summed E-state index contributed by atoms with van der Waals surface area (Å²) in [7, 11) is 0. The summed E-state index contributed by atoms with van der Waals surface area (Å²) in [5.74, 6) is 0.341. The van der Waals surface area contributed by atoms with E-state index in [0.29, 0.717) is 30.2 Å². The van der Waals surface area contributed by atoms with Crippen LogP contribution in [0.25, 0.3) is 11.5 Å². The van der Waals surface area contributed by atoms with Gasteiger partial charge in [-0.05, 0) is 38.1 Å². The van der Waals surface area contributed by atoms with E-state index in [4.69, 9.17) is 4.42 Å². The summed E-state index contributed by atoms with van der Waals surface area (Å²) in [5, 5.41) is 10.5. The Hall–Kier alpha value is -2.24. The lowest BCUT2D eigenvalue weighted by Gasteiger charge is -2.06. The summed E-state index contributed by atoms with van der Waals surface area (Å²) in [4.78, 5) is 11.5. The number of hydrogen-bond donors (Lipinski definition) is 1. The normalized spacial score (nSPS) is 10.8. The molecule has 2 rings (SSSR count). The van der Waals surface area contributed by atoms with Gasteiger partial charge in [0.25, 0.3) is 0 Å². The summed E-state index contributed by atoms with van der Waals surface area (Å²) in [6, 6.07) is 5.90. The minimum Gasteiger partial charge on any atom is -0.421 e. The molecule has 0 radical (unpaired) electrons. The summed E-state index contributed by atoms with van der Waals surface area (Å²) in [5.41, 5.74) is 0.650. The highest BCUT2D eigenvalue weighted by atomic mass is 19.1. The molecular formula is C14H16FN3O2. The number of aryl methyl sites for hydroxylation is 1. The van der Waals surface area contributed by atoms with Crippen molar-refractivity contribution in [2.24, 2.45) is 0 Å². The number of aromatic nitrogens is 2. The predicted molar refractivity (Wildman–Crippen MR) is 71.3 cm³/mol. The largest absolute Gasteiger partial charge is 0.421 e. The molecule has 0 bridgehead atoms. The molecule has 0 aliphatic heterocycles. The van der Waals surface area contributed by atoms with E-state index in [-0.39, 0.29) is 17.8 Å². The maximum atomic E-state index is 12.8. The first-order valence-corrected chi connectivity index (χ1v) is 6.42.